The maximum Gasteiger partial charge on any atom is 0.246 e. The van der Waals surface area contributed by atoms with Crippen molar-refractivity contribution in [1.29, 1.82) is 0 Å². The minimum Gasteiger partial charge on any atom is -0.290 e. The highest BCUT2D eigenvalue weighted by Gasteiger charge is 2.21. The Morgan fingerprint density at radius 3 is 2.60 bits per heavy atom. The van der Waals surface area contributed by atoms with Crippen molar-refractivity contribution in [1.82, 2.24) is 20.2 Å². The number of ketones is 2. The third kappa shape index (κ3) is 2.69. The van der Waals surface area contributed by atoms with Crippen molar-refractivity contribution in [3.8, 4) is 11.4 Å². The number of carbonyl (C=O) groups is 2. The van der Waals surface area contributed by atoms with E-state index in [0.29, 0.717) is 12.2 Å². The molecule has 6 nitrogen and oxygen atoms in total. The van der Waals surface area contributed by atoms with Gasteiger partial charge in [0, 0.05) is 12.0 Å². The van der Waals surface area contributed by atoms with Crippen LogP contribution in [0.2, 0.25) is 0 Å². The van der Waals surface area contributed by atoms with Crippen LogP contribution in [-0.2, 0) is 9.59 Å². The first-order valence-corrected chi connectivity index (χ1v) is 6.25. The highest BCUT2D eigenvalue weighted by Crippen LogP contribution is 2.18. The fourth-order valence-corrected chi connectivity index (χ4v) is 1.73. The van der Waals surface area contributed by atoms with Crippen molar-refractivity contribution in [2.45, 2.75) is 19.8 Å². The van der Waals surface area contributed by atoms with Gasteiger partial charge in [0.1, 0.15) is 5.70 Å². The first-order chi connectivity index (χ1) is 9.65. The number of nitrogens with zero attached hydrogens (tertiary/aromatic N) is 4. The second-order valence-corrected chi connectivity index (χ2v) is 4.23. The van der Waals surface area contributed by atoms with E-state index < -0.39 is 11.6 Å². The van der Waals surface area contributed by atoms with Gasteiger partial charge < -0.3 is 0 Å². The number of allylic oxidation sites excluding steroid dienone is 1. The molecule has 0 saturated heterocycles. The van der Waals surface area contributed by atoms with E-state index in [-0.39, 0.29) is 12.1 Å². The van der Waals surface area contributed by atoms with Crippen molar-refractivity contribution in [3.63, 3.8) is 0 Å². The Morgan fingerprint density at radius 1 is 1.25 bits per heavy atom. The van der Waals surface area contributed by atoms with E-state index in [1.165, 1.54) is 4.68 Å². The van der Waals surface area contributed by atoms with Gasteiger partial charge in [-0.1, -0.05) is 43.8 Å². The Labute approximate surface area is 116 Å². The minimum atomic E-state index is -0.656. The van der Waals surface area contributed by atoms with Gasteiger partial charge in [0.25, 0.3) is 0 Å². The molecule has 1 aromatic carbocycles. The maximum absolute atomic E-state index is 11.9. The van der Waals surface area contributed by atoms with Gasteiger partial charge in [-0.15, -0.1) is 5.10 Å². The monoisotopic (exact) mass is 270 g/mol. The number of tetrazole rings is 1. The largest absolute Gasteiger partial charge is 0.290 e. The van der Waals surface area contributed by atoms with Crippen molar-refractivity contribution in [2.75, 3.05) is 0 Å². The van der Waals surface area contributed by atoms with Crippen LogP contribution >= 0.6 is 0 Å². The molecule has 0 amide bonds. The standard InChI is InChI=1S/C14H14N4O2/c1-3-7-12(19)13(20)10(2)18-14(15-16-17-18)11-8-5-4-6-9-11/h4-6,8-9H,2-3,7H2,1H3. The molecular weight excluding hydrogens is 256 g/mol. The Hall–Kier alpha value is -2.63. The predicted molar refractivity (Wildman–Crippen MR) is 73.5 cm³/mol. The number of rotatable bonds is 6. The van der Waals surface area contributed by atoms with Crippen LogP contribution in [0.5, 0.6) is 0 Å². The summed E-state index contributed by atoms with van der Waals surface area (Å²) >= 11 is 0. The van der Waals surface area contributed by atoms with E-state index in [1.807, 2.05) is 37.3 Å². The van der Waals surface area contributed by atoms with Crippen LogP contribution in [0.3, 0.4) is 0 Å². The van der Waals surface area contributed by atoms with E-state index >= 15 is 0 Å². The minimum absolute atomic E-state index is 0.0349. The number of benzene rings is 1. The zero-order valence-corrected chi connectivity index (χ0v) is 11.1. The fraction of sp³-hybridized carbons (Fsp3) is 0.214. The molecular formula is C14H14N4O2. The first kappa shape index (κ1) is 13.8. The summed E-state index contributed by atoms with van der Waals surface area (Å²) in [4.78, 5) is 23.6. The number of aromatic nitrogens is 4. The summed E-state index contributed by atoms with van der Waals surface area (Å²) in [6.45, 7) is 5.47. The van der Waals surface area contributed by atoms with Gasteiger partial charge in [0.05, 0.1) is 0 Å². The molecule has 0 aliphatic heterocycles. The second-order valence-electron chi connectivity index (χ2n) is 4.23. The topological polar surface area (TPSA) is 77.7 Å². The first-order valence-electron chi connectivity index (χ1n) is 6.25. The summed E-state index contributed by atoms with van der Waals surface area (Å²) in [6.07, 6.45) is 0.805. The van der Waals surface area contributed by atoms with Crippen LogP contribution < -0.4 is 0 Å². The zero-order chi connectivity index (χ0) is 14.5. The molecule has 0 saturated carbocycles. The molecule has 102 valence electrons. The molecule has 6 heteroatoms. The lowest BCUT2D eigenvalue weighted by atomic mass is 10.1. The molecule has 0 N–H and O–H groups in total. The lowest BCUT2D eigenvalue weighted by molar-refractivity contribution is -0.133. The molecule has 0 spiro atoms. The highest BCUT2D eigenvalue weighted by molar-refractivity contribution is 6.51. The van der Waals surface area contributed by atoms with Crippen molar-refractivity contribution < 1.29 is 9.59 Å². The van der Waals surface area contributed by atoms with Crippen LogP contribution in [0.25, 0.3) is 17.1 Å². The van der Waals surface area contributed by atoms with Crippen LogP contribution in [0.4, 0.5) is 0 Å². The fourth-order valence-electron chi connectivity index (χ4n) is 1.73. The van der Waals surface area contributed by atoms with Gasteiger partial charge >= 0.3 is 0 Å². The Bertz CT molecular complexity index is 646. The summed E-state index contributed by atoms with van der Waals surface area (Å²) in [5.41, 5.74) is 0.710. The van der Waals surface area contributed by atoms with Gasteiger partial charge in [-0.3, -0.25) is 9.59 Å². The Kier molecular flexibility index (Phi) is 4.14. The number of hydrogen-bond donors (Lipinski definition) is 0. The lowest BCUT2D eigenvalue weighted by Crippen LogP contribution is -2.19. The molecule has 2 rings (SSSR count). The molecule has 0 fully saturated rings. The van der Waals surface area contributed by atoms with Gasteiger partial charge in [0.2, 0.25) is 11.6 Å². The van der Waals surface area contributed by atoms with E-state index in [2.05, 4.69) is 22.1 Å². The molecule has 1 aromatic heterocycles. The van der Waals surface area contributed by atoms with Crippen molar-refractivity contribution in [2.24, 2.45) is 0 Å². The Balaban J connectivity index is 2.31. The molecule has 0 bridgehead atoms. The molecule has 0 aliphatic rings. The van der Waals surface area contributed by atoms with Gasteiger partial charge in [-0.2, -0.15) is 4.68 Å². The Morgan fingerprint density at radius 2 is 1.95 bits per heavy atom. The quantitative estimate of drug-likeness (QED) is 0.590. The summed E-state index contributed by atoms with van der Waals surface area (Å²) < 4.78 is 1.20. The van der Waals surface area contributed by atoms with Crippen LogP contribution in [0.15, 0.2) is 36.9 Å². The molecule has 1 heterocycles. The summed E-state index contributed by atoms with van der Waals surface area (Å²) in [5, 5.41) is 11.2. The van der Waals surface area contributed by atoms with E-state index in [4.69, 9.17) is 0 Å². The van der Waals surface area contributed by atoms with E-state index in [9.17, 15) is 9.59 Å². The zero-order valence-electron chi connectivity index (χ0n) is 11.1. The molecule has 2 aromatic rings. The van der Waals surface area contributed by atoms with Crippen molar-refractivity contribution >= 4 is 17.3 Å². The predicted octanol–water partition coefficient (Wildman–Crippen LogP) is 1.75. The van der Waals surface area contributed by atoms with Gasteiger partial charge in [0.15, 0.2) is 5.82 Å². The normalized spacial score (nSPS) is 10.2. The number of carbonyl (C=O) groups excluding carboxylic acids is 2. The molecule has 0 aliphatic carbocycles. The van der Waals surface area contributed by atoms with Gasteiger partial charge in [-0.05, 0) is 16.8 Å². The van der Waals surface area contributed by atoms with Crippen LogP contribution in [-0.4, -0.2) is 31.8 Å². The summed E-state index contributed by atoms with van der Waals surface area (Å²) in [6, 6.07) is 9.16. The molecule has 20 heavy (non-hydrogen) atoms. The van der Waals surface area contributed by atoms with E-state index in [1.54, 1.807) is 0 Å². The highest BCUT2D eigenvalue weighted by atomic mass is 16.2. The van der Waals surface area contributed by atoms with E-state index in [0.717, 1.165) is 5.56 Å². The third-order valence-corrected chi connectivity index (χ3v) is 2.75. The van der Waals surface area contributed by atoms with Crippen molar-refractivity contribution in [3.05, 3.63) is 36.9 Å². The average molecular weight is 270 g/mol. The molecule has 0 radical (unpaired) electrons. The third-order valence-electron chi connectivity index (χ3n) is 2.75. The number of Topliss-reactive ketones (excluding diaryl/α,β-unsaturated/α-hetero) is 2. The molecule has 0 unspecified atom stereocenters. The average Bonchev–Trinajstić information content (AvgIpc) is 2.96. The molecule has 0 atom stereocenters. The lowest BCUT2D eigenvalue weighted by Gasteiger charge is -2.06. The second kappa shape index (κ2) is 6.01. The number of hydrogen-bond acceptors (Lipinski definition) is 5. The van der Waals surface area contributed by atoms with Gasteiger partial charge in [-0.25, -0.2) is 0 Å². The smallest absolute Gasteiger partial charge is 0.246 e. The maximum atomic E-state index is 11.9. The SMILES string of the molecule is C=C(C(=O)C(=O)CCC)n1nnnc1-c1ccccc1. The van der Waals surface area contributed by atoms with Crippen LogP contribution in [0.1, 0.15) is 19.8 Å². The summed E-state index contributed by atoms with van der Waals surface area (Å²) in [7, 11) is 0. The summed E-state index contributed by atoms with van der Waals surface area (Å²) in [5.74, 6) is -0.753. The van der Waals surface area contributed by atoms with Crippen LogP contribution in [0, 0.1) is 0 Å².